The van der Waals surface area contributed by atoms with E-state index < -0.39 is 6.10 Å². The van der Waals surface area contributed by atoms with Gasteiger partial charge in [0.15, 0.2) is 5.78 Å². The van der Waals surface area contributed by atoms with E-state index in [9.17, 15) is 9.90 Å². The molecular weight excluding hydrogens is 210 g/mol. The molecule has 15 heavy (non-hydrogen) atoms. The van der Waals surface area contributed by atoms with Crippen molar-refractivity contribution >= 4 is 17.1 Å². The summed E-state index contributed by atoms with van der Waals surface area (Å²) in [5.74, 6) is -0.120. The van der Waals surface area contributed by atoms with Gasteiger partial charge in [-0.3, -0.25) is 4.79 Å². The van der Waals surface area contributed by atoms with Gasteiger partial charge in [0, 0.05) is 4.88 Å². The van der Waals surface area contributed by atoms with Gasteiger partial charge in [0.2, 0.25) is 0 Å². The van der Waals surface area contributed by atoms with Gasteiger partial charge in [0.05, 0.1) is 12.1 Å². The van der Waals surface area contributed by atoms with Crippen LogP contribution in [0.15, 0.2) is 0 Å². The van der Waals surface area contributed by atoms with Crippen molar-refractivity contribution in [3.05, 3.63) is 15.6 Å². The Morgan fingerprint density at radius 3 is 2.67 bits per heavy atom. The molecule has 0 saturated heterocycles. The van der Waals surface area contributed by atoms with Gasteiger partial charge in [-0.15, -0.1) is 11.3 Å². The molecule has 0 radical (unpaired) electrons. The maximum atomic E-state index is 11.5. The third-order valence-corrected chi connectivity index (χ3v) is 3.40. The number of rotatable bonds is 5. The van der Waals surface area contributed by atoms with Crippen LogP contribution in [0.3, 0.4) is 0 Å². The lowest BCUT2D eigenvalue weighted by Crippen LogP contribution is -2.21. The van der Waals surface area contributed by atoms with E-state index in [0.29, 0.717) is 6.42 Å². The van der Waals surface area contributed by atoms with Gasteiger partial charge in [-0.1, -0.05) is 13.3 Å². The molecule has 0 aromatic carbocycles. The van der Waals surface area contributed by atoms with Gasteiger partial charge in [-0.2, -0.15) is 0 Å². The Balaban J connectivity index is 2.58. The van der Waals surface area contributed by atoms with Gasteiger partial charge in [-0.25, -0.2) is 4.98 Å². The molecule has 1 aromatic heterocycles. The Hall–Kier alpha value is -0.740. The standard InChI is InChI=1S/C11H17NO2S/c1-4-5-9(13)10(14)6-11-12-7(2)8(3)15-11/h9,13H,4-6H2,1-3H3. The third kappa shape index (κ3) is 3.39. The molecule has 0 saturated carbocycles. The van der Waals surface area contributed by atoms with Crippen LogP contribution in [0.25, 0.3) is 0 Å². The van der Waals surface area contributed by atoms with E-state index in [-0.39, 0.29) is 12.2 Å². The fraction of sp³-hybridized carbons (Fsp3) is 0.636. The molecule has 0 aliphatic carbocycles. The number of thiazole rings is 1. The number of nitrogens with zero attached hydrogens (tertiary/aromatic N) is 1. The molecule has 1 unspecified atom stereocenters. The topological polar surface area (TPSA) is 50.2 Å². The molecule has 0 spiro atoms. The predicted molar refractivity (Wildman–Crippen MR) is 61.2 cm³/mol. The summed E-state index contributed by atoms with van der Waals surface area (Å²) in [6.45, 7) is 5.87. The molecule has 1 atom stereocenters. The highest BCUT2D eigenvalue weighted by Crippen LogP contribution is 2.17. The van der Waals surface area contributed by atoms with E-state index in [1.807, 2.05) is 20.8 Å². The summed E-state index contributed by atoms with van der Waals surface area (Å²) in [6, 6.07) is 0. The second kappa shape index (κ2) is 5.37. The van der Waals surface area contributed by atoms with E-state index in [0.717, 1.165) is 22.0 Å². The quantitative estimate of drug-likeness (QED) is 0.837. The Labute approximate surface area is 94.2 Å². The van der Waals surface area contributed by atoms with E-state index >= 15 is 0 Å². The molecule has 0 fully saturated rings. The van der Waals surface area contributed by atoms with Gasteiger partial charge in [-0.05, 0) is 20.3 Å². The number of aromatic nitrogens is 1. The largest absolute Gasteiger partial charge is 0.385 e. The molecule has 1 aromatic rings. The first-order valence-corrected chi connectivity index (χ1v) is 6.00. The first kappa shape index (κ1) is 12.3. The maximum absolute atomic E-state index is 11.5. The molecule has 1 N–H and O–H groups in total. The molecule has 0 amide bonds. The molecule has 0 aliphatic heterocycles. The lowest BCUT2D eigenvalue weighted by Gasteiger charge is -2.05. The van der Waals surface area contributed by atoms with Crippen molar-refractivity contribution in [2.45, 2.75) is 46.1 Å². The summed E-state index contributed by atoms with van der Waals surface area (Å²) < 4.78 is 0. The number of aliphatic hydroxyl groups is 1. The molecular formula is C11H17NO2S. The normalized spacial score (nSPS) is 12.8. The highest BCUT2D eigenvalue weighted by Gasteiger charge is 2.16. The molecule has 4 heteroatoms. The summed E-state index contributed by atoms with van der Waals surface area (Å²) in [7, 11) is 0. The molecule has 0 aliphatic rings. The number of aryl methyl sites for hydroxylation is 2. The van der Waals surface area contributed by atoms with Gasteiger partial charge >= 0.3 is 0 Å². The molecule has 1 heterocycles. The summed E-state index contributed by atoms with van der Waals surface area (Å²) >= 11 is 1.54. The highest BCUT2D eigenvalue weighted by molar-refractivity contribution is 7.11. The van der Waals surface area contributed by atoms with Crippen molar-refractivity contribution in [2.75, 3.05) is 0 Å². The summed E-state index contributed by atoms with van der Waals surface area (Å²) in [5, 5.41) is 10.3. The number of hydrogen-bond donors (Lipinski definition) is 1. The molecule has 3 nitrogen and oxygen atoms in total. The second-order valence-electron chi connectivity index (χ2n) is 3.70. The van der Waals surface area contributed by atoms with Crippen molar-refractivity contribution in [2.24, 2.45) is 0 Å². The Morgan fingerprint density at radius 1 is 1.53 bits per heavy atom. The minimum atomic E-state index is -0.820. The Bertz CT molecular complexity index is 327. The van der Waals surface area contributed by atoms with Crippen LogP contribution in [-0.4, -0.2) is 22.0 Å². The van der Waals surface area contributed by atoms with Crippen molar-refractivity contribution in [3.8, 4) is 0 Å². The van der Waals surface area contributed by atoms with Gasteiger partial charge in [0.25, 0.3) is 0 Å². The van der Waals surface area contributed by atoms with Gasteiger partial charge in [0.1, 0.15) is 11.1 Å². The van der Waals surface area contributed by atoms with Crippen LogP contribution in [0, 0.1) is 13.8 Å². The first-order chi connectivity index (χ1) is 7.04. The average molecular weight is 227 g/mol. The van der Waals surface area contributed by atoms with Crippen molar-refractivity contribution in [1.82, 2.24) is 4.98 Å². The van der Waals surface area contributed by atoms with Crippen molar-refractivity contribution in [3.63, 3.8) is 0 Å². The Kier molecular flexibility index (Phi) is 4.42. The molecule has 1 rings (SSSR count). The number of Topliss-reactive ketones (excluding diaryl/α,β-unsaturated/α-hetero) is 1. The number of ketones is 1. The van der Waals surface area contributed by atoms with E-state index in [4.69, 9.17) is 0 Å². The number of carbonyl (C=O) groups excluding carboxylic acids is 1. The highest BCUT2D eigenvalue weighted by atomic mass is 32.1. The minimum Gasteiger partial charge on any atom is -0.385 e. The lowest BCUT2D eigenvalue weighted by molar-refractivity contribution is -0.126. The number of aliphatic hydroxyl groups excluding tert-OH is 1. The first-order valence-electron chi connectivity index (χ1n) is 5.18. The van der Waals surface area contributed by atoms with Crippen LogP contribution in [0.1, 0.15) is 35.3 Å². The smallest absolute Gasteiger partial charge is 0.168 e. The second-order valence-corrected chi connectivity index (χ2v) is 4.98. The van der Waals surface area contributed by atoms with Gasteiger partial charge < -0.3 is 5.11 Å². The zero-order valence-corrected chi connectivity index (χ0v) is 10.2. The zero-order chi connectivity index (χ0) is 11.4. The lowest BCUT2D eigenvalue weighted by atomic mass is 10.1. The average Bonchev–Trinajstić information content (AvgIpc) is 2.46. The number of hydrogen-bond acceptors (Lipinski definition) is 4. The van der Waals surface area contributed by atoms with Crippen LogP contribution >= 0.6 is 11.3 Å². The zero-order valence-electron chi connectivity index (χ0n) is 9.41. The molecule has 84 valence electrons. The monoisotopic (exact) mass is 227 g/mol. The predicted octanol–water partition coefficient (Wildman–Crippen LogP) is 2.03. The summed E-state index contributed by atoms with van der Waals surface area (Å²) in [4.78, 5) is 17.0. The van der Waals surface area contributed by atoms with E-state index in [1.165, 1.54) is 11.3 Å². The number of carbonyl (C=O) groups is 1. The van der Waals surface area contributed by atoms with E-state index in [2.05, 4.69) is 4.98 Å². The van der Waals surface area contributed by atoms with Crippen LogP contribution in [0.5, 0.6) is 0 Å². The molecule has 0 bridgehead atoms. The van der Waals surface area contributed by atoms with Crippen LogP contribution in [-0.2, 0) is 11.2 Å². The van der Waals surface area contributed by atoms with Crippen LogP contribution in [0.2, 0.25) is 0 Å². The fourth-order valence-electron chi connectivity index (χ4n) is 1.32. The van der Waals surface area contributed by atoms with Crippen LogP contribution in [0.4, 0.5) is 0 Å². The summed E-state index contributed by atoms with van der Waals surface area (Å²) in [5.41, 5.74) is 0.979. The third-order valence-electron chi connectivity index (χ3n) is 2.33. The van der Waals surface area contributed by atoms with Crippen molar-refractivity contribution in [1.29, 1.82) is 0 Å². The maximum Gasteiger partial charge on any atom is 0.168 e. The van der Waals surface area contributed by atoms with Crippen molar-refractivity contribution < 1.29 is 9.90 Å². The minimum absolute atomic E-state index is 0.120. The van der Waals surface area contributed by atoms with E-state index in [1.54, 1.807) is 0 Å². The SMILES string of the molecule is CCCC(O)C(=O)Cc1nc(C)c(C)s1. The summed E-state index contributed by atoms with van der Waals surface area (Å²) in [6.07, 6.45) is 0.811. The van der Waals surface area contributed by atoms with Crippen LogP contribution < -0.4 is 0 Å². The fourth-order valence-corrected chi connectivity index (χ4v) is 2.26. The Morgan fingerprint density at radius 2 is 2.20 bits per heavy atom.